The molecule has 1 fully saturated rings. The molecule has 2 aromatic rings. The van der Waals surface area contributed by atoms with Crippen molar-refractivity contribution in [2.45, 2.75) is 39.7 Å². The van der Waals surface area contributed by atoms with E-state index in [1.54, 1.807) is 6.20 Å². The van der Waals surface area contributed by atoms with Crippen molar-refractivity contribution in [1.29, 1.82) is 0 Å². The molecule has 2 aromatic heterocycles. The molecule has 1 saturated heterocycles. The van der Waals surface area contributed by atoms with Gasteiger partial charge in [0.25, 0.3) is 11.5 Å². The third kappa shape index (κ3) is 6.39. The van der Waals surface area contributed by atoms with Crippen LogP contribution in [0.25, 0.3) is 0 Å². The molecular formula is C21H29N5O3. The Hall–Kier alpha value is -2.74. The van der Waals surface area contributed by atoms with Gasteiger partial charge in [-0.1, -0.05) is 13.8 Å². The standard InChI is InChI=1S/C21H29N5O3/c1-14(2)3-5-23-20(28)17-8-16(10-22-11-17)7-15-4-6-26(12-15)13-18-9-19(27)25-21(29)24-18/h8-11,14-15H,3-7,12-13H2,1-2H3,(H,23,28)(H2,24,25,27,29). The fourth-order valence-corrected chi connectivity index (χ4v) is 3.70. The normalized spacial score (nSPS) is 17.0. The first kappa shape index (κ1) is 21.0. The van der Waals surface area contributed by atoms with Crippen molar-refractivity contribution in [3.8, 4) is 0 Å². The first-order valence-corrected chi connectivity index (χ1v) is 10.2. The van der Waals surface area contributed by atoms with Gasteiger partial charge in [-0.3, -0.25) is 24.5 Å². The fourth-order valence-electron chi connectivity index (χ4n) is 3.70. The Morgan fingerprint density at radius 3 is 2.86 bits per heavy atom. The highest BCUT2D eigenvalue weighted by Gasteiger charge is 2.23. The maximum atomic E-state index is 12.3. The van der Waals surface area contributed by atoms with E-state index >= 15 is 0 Å². The molecule has 156 valence electrons. The molecule has 8 heteroatoms. The number of hydrogen-bond acceptors (Lipinski definition) is 5. The summed E-state index contributed by atoms with van der Waals surface area (Å²) in [6, 6.07) is 3.36. The highest BCUT2D eigenvalue weighted by molar-refractivity contribution is 5.93. The molecule has 29 heavy (non-hydrogen) atoms. The van der Waals surface area contributed by atoms with Crippen LogP contribution in [0.4, 0.5) is 0 Å². The van der Waals surface area contributed by atoms with Crippen LogP contribution in [0.5, 0.6) is 0 Å². The van der Waals surface area contributed by atoms with Gasteiger partial charge in [0.2, 0.25) is 0 Å². The number of likely N-dealkylation sites (tertiary alicyclic amines) is 1. The fraction of sp³-hybridized carbons (Fsp3) is 0.524. The summed E-state index contributed by atoms with van der Waals surface area (Å²) in [7, 11) is 0. The van der Waals surface area contributed by atoms with Crippen molar-refractivity contribution < 1.29 is 4.79 Å². The molecule has 0 aromatic carbocycles. The van der Waals surface area contributed by atoms with Crippen LogP contribution in [-0.2, 0) is 13.0 Å². The summed E-state index contributed by atoms with van der Waals surface area (Å²) in [5.74, 6) is 0.924. The summed E-state index contributed by atoms with van der Waals surface area (Å²) in [5, 5.41) is 2.95. The first-order valence-electron chi connectivity index (χ1n) is 10.2. The third-order valence-electron chi connectivity index (χ3n) is 5.17. The number of carbonyl (C=O) groups excluding carboxylic acids is 1. The van der Waals surface area contributed by atoms with Gasteiger partial charge >= 0.3 is 5.69 Å². The maximum absolute atomic E-state index is 12.3. The van der Waals surface area contributed by atoms with E-state index in [1.165, 1.54) is 6.07 Å². The molecule has 1 aliphatic heterocycles. The van der Waals surface area contributed by atoms with Crippen LogP contribution in [0, 0.1) is 11.8 Å². The average Bonchev–Trinajstić information content (AvgIpc) is 3.07. The Bertz CT molecular complexity index is 921. The molecule has 1 amide bonds. The molecule has 0 spiro atoms. The summed E-state index contributed by atoms with van der Waals surface area (Å²) >= 11 is 0. The van der Waals surface area contributed by atoms with Gasteiger partial charge in [-0.15, -0.1) is 0 Å². The largest absolute Gasteiger partial charge is 0.352 e. The van der Waals surface area contributed by atoms with E-state index in [0.29, 0.717) is 36.2 Å². The second kappa shape index (κ2) is 9.65. The minimum atomic E-state index is -0.474. The van der Waals surface area contributed by atoms with E-state index in [4.69, 9.17) is 0 Å². The Morgan fingerprint density at radius 1 is 1.28 bits per heavy atom. The number of nitrogens with one attached hydrogen (secondary N) is 3. The molecule has 1 aliphatic rings. The smallest absolute Gasteiger partial charge is 0.325 e. The molecule has 8 nitrogen and oxygen atoms in total. The molecule has 1 atom stereocenters. The molecule has 0 radical (unpaired) electrons. The lowest BCUT2D eigenvalue weighted by molar-refractivity contribution is 0.0951. The minimum Gasteiger partial charge on any atom is -0.352 e. The number of pyridine rings is 1. The van der Waals surface area contributed by atoms with Gasteiger partial charge in [0, 0.05) is 43.8 Å². The predicted octanol–water partition coefficient (Wildman–Crippen LogP) is 1.30. The topological polar surface area (TPSA) is 111 Å². The molecular weight excluding hydrogens is 370 g/mol. The van der Waals surface area contributed by atoms with Gasteiger partial charge in [0.15, 0.2) is 0 Å². The molecule has 0 saturated carbocycles. The number of rotatable bonds is 8. The number of nitrogens with zero attached hydrogens (tertiary/aromatic N) is 2. The lowest BCUT2D eigenvalue weighted by Crippen LogP contribution is -2.27. The van der Waals surface area contributed by atoms with E-state index in [1.807, 2.05) is 12.3 Å². The van der Waals surface area contributed by atoms with E-state index in [9.17, 15) is 14.4 Å². The Balaban J connectivity index is 1.53. The van der Waals surface area contributed by atoms with Crippen LogP contribution in [0.3, 0.4) is 0 Å². The van der Waals surface area contributed by atoms with Gasteiger partial charge < -0.3 is 10.3 Å². The number of carbonyl (C=O) groups is 1. The highest BCUT2D eigenvalue weighted by Crippen LogP contribution is 2.22. The van der Waals surface area contributed by atoms with Crippen molar-refractivity contribution in [3.05, 3.63) is 62.2 Å². The maximum Gasteiger partial charge on any atom is 0.325 e. The Kier molecular flexibility index (Phi) is 6.98. The summed E-state index contributed by atoms with van der Waals surface area (Å²) in [6.07, 6.45) is 6.26. The highest BCUT2D eigenvalue weighted by atomic mass is 16.2. The molecule has 0 bridgehead atoms. The van der Waals surface area contributed by atoms with Crippen LogP contribution in [-0.4, -0.2) is 45.4 Å². The lowest BCUT2D eigenvalue weighted by atomic mass is 9.99. The minimum absolute atomic E-state index is 0.0775. The third-order valence-corrected chi connectivity index (χ3v) is 5.17. The van der Waals surface area contributed by atoms with E-state index in [2.05, 4.69) is 39.0 Å². The Labute approximate surface area is 169 Å². The molecule has 3 N–H and O–H groups in total. The lowest BCUT2D eigenvalue weighted by Gasteiger charge is -2.16. The van der Waals surface area contributed by atoms with Crippen LogP contribution in [0.2, 0.25) is 0 Å². The second-order valence-electron chi connectivity index (χ2n) is 8.23. The van der Waals surface area contributed by atoms with Gasteiger partial charge in [-0.05, 0) is 49.3 Å². The second-order valence-corrected chi connectivity index (χ2v) is 8.23. The van der Waals surface area contributed by atoms with Crippen LogP contribution < -0.4 is 16.6 Å². The van der Waals surface area contributed by atoms with E-state index in [0.717, 1.165) is 37.9 Å². The van der Waals surface area contributed by atoms with E-state index < -0.39 is 5.69 Å². The van der Waals surface area contributed by atoms with Gasteiger partial charge in [0.05, 0.1) is 5.56 Å². The van der Waals surface area contributed by atoms with Crippen molar-refractivity contribution in [1.82, 2.24) is 25.2 Å². The number of aromatic nitrogens is 3. The monoisotopic (exact) mass is 399 g/mol. The zero-order valence-electron chi connectivity index (χ0n) is 17.0. The molecule has 0 aliphatic carbocycles. The van der Waals surface area contributed by atoms with Gasteiger partial charge in [-0.2, -0.15) is 0 Å². The van der Waals surface area contributed by atoms with Crippen LogP contribution in [0.15, 0.2) is 34.1 Å². The molecule has 3 rings (SSSR count). The SMILES string of the molecule is CC(C)CCNC(=O)c1cncc(CC2CCN(Cc3cc(=O)[nH]c(=O)[nH]3)C2)c1. The zero-order chi connectivity index (χ0) is 20.8. The summed E-state index contributed by atoms with van der Waals surface area (Å²) in [5.41, 5.74) is 1.42. The van der Waals surface area contributed by atoms with Crippen molar-refractivity contribution in [2.24, 2.45) is 11.8 Å². The number of hydrogen-bond donors (Lipinski definition) is 3. The van der Waals surface area contributed by atoms with Crippen molar-refractivity contribution >= 4 is 5.91 Å². The van der Waals surface area contributed by atoms with Gasteiger partial charge in [-0.25, -0.2) is 4.79 Å². The van der Waals surface area contributed by atoms with Crippen molar-refractivity contribution in [3.63, 3.8) is 0 Å². The Morgan fingerprint density at radius 2 is 2.10 bits per heavy atom. The number of amides is 1. The van der Waals surface area contributed by atoms with Crippen molar-refractivity contribution in [2.75, 3.05) is 19.6 Å². The average molecular weight is 399 g/mol. The van der Waals surface area contributed by atoms with Crippen LogP contribution >= 0.6 is 0 Å². The summed E-state index contributed by atoms with van der Waals surface area (Å²) < 4.78 is 0. The number of aromatic amines is 2. The molecule has 1 unspecified atom stereocenters. The van der Waals surface area contributed by atoms with E-state index in [-0.39, 0.29) is 11.5 Å². The van der Waals surface area contributed by atoms with Crippen LogP contribution in [0.1, 0.15) is 48.3 Å². The number of H-pyrrole nitrogens is 2. The summed E-state index contributed by atoms with van der Waals surface area (Å²) in [4.78, 5) is 46.5. The quantitative estimate of drug-likeness (QED) is 0.620. The molecule has 3 heterocycles. The summed E-state index contributed by atoms with van der Waals surface area (Å²) in [6.45, 7) is 7.26. The first-order chi connectivity index (χ1) is 13.9. The zero-order valence-corrected chi connectivity index (χ0v) is 17.0. The van der Waals surface area contributed by atoms with Gasteiger partial charge in [0.1, 0.15) is 0 Å². The predicted molar refractivity (Wildman–Crippen MR) is 111 cm³/mol.